The summed E-state index contributed by atoms with van der Waals surface area (Å²) in [5.74, 6) is 0.589. The zero-order valence-corrected chi connectivity index (χ0v) is 11.3. The average molecular weight is 269 g/mol. The number of ether oxygens (including phenoxy) is 1. The van der Waals surface area contributed by atoms with Crippen molar-refractivity contribution in [2.45, 2.75) is 13.0 Å². The number of phenolic OH excluding ortho intramolecular Hbond substituents is 1. The lowest BCUT2D eigenvalue weighted by molar-refractivity contribution is 0.372. The molecule has 0 fully saturated rings. The van der Waals surface area contributed by atoms with Gasteiger partial charge in [-0.15, -0.1) is 5.10 Å². The zero-order chi connectivity index (χ0) is 14.1. The summed E-state index contributed by atoms with van der Waals surface area (Å²) in [4.78, 5) is 0. The number of methoxy groups -OCH3 is 1. The molecule has 5 heteroatoms. The molecule has 1 N–H and O–H groups in total. The van der Waals surface area contributed by atoms with E-state index in [4.69, 9.17) is 4.74 Å². The highest BCUT2D eigenvalue weighted by Gasteiger charge is 2.14. The van der Waals surface area contributed by atoms with E-state index in [0.29, 0.717) is 5.75 Å². The van der Waals surface area contributed by atoms with Crippen LogP contribution in [0.5, 0.6) is 11.5 Å². The number of fused-ring (bicyclic) bond motifs is 1. The SMILES string of the molecule is COc1cc([C@@H](C)n2nnc3ccccc32)ccc1O. The Bertz CT molecular complexity index is 752. The number of benzene rings is 2. The van der Waals surface area contributed by atoms with E-state index in [0.717, 1.165) is 16.6 Å². The van der Waals surface area contributed by atoms with E-state index in [9.17, 15) is 5.11 Å². The van der Waals surface area contributed by atoms with E-state index in [1.165, 1.54) is 7.11 Å². The monoisotopic (exact) mass is 269 g/mol. The predicted octanol–water partition coefficient (Wildman–Crippen LogP) is 2.75. The lowest BCUT2D eigenvalue weighted by Crippen LogP contribution is -2.08. The summed E-state index contributed by atoms with van der Waals surface area (Å²) < 4.78 is 7.01. The van der Waals surface area contributed by atoms with Crippen LogP contribution in [-0.4, -0.2) is 27.2 Å². The van der Waals surface area contributed by atoms with Crippen LogP contribution < -0.4 is 4.74 Å². The Morgan fingerprint density at radius 2 is 2.00 bits per heavy atom. The van der Waals surface area contributed by atoms with Crippen LogP contribution in [0.2, 0.25) is 0 Å². The number of hydrogen-bond donors (Lipinski definition) is 1. The lowest BCUT2D eigenvalue weighted by Gasteiger charge is -2.14. The highest BCUT2D eigenvalue weighted by molar-refractivity contribution is 5.74. The van der Waals surface area contributed by atoms with Gasteiger partial charge in [0, 0.05) is 0 Å². The predicted molar refractivity (Wildman–Crippen MR) is 76.0 cm³/mol. The van der Waals surface area contributed by atoms with Crippen molar-refractivity contribution < 1.29 is 9.84 Å². The summed E-state index contributed by atoms with van der Waals surface area (Å²) in [6.07, 6.45) is 0. The van der Waals surface area contributed by atoms with Crippen LogP contribution in [-0.2, 0) is 0 Å². The van der Waals surface area contributed by atoms with Gasteiger partial charge in [0.15, 0.2) is 11.5 Å². The molecule has 0 aliphatic heterocycles. The second-order valence-electron chi connectivity index (χ2n) is 4.63. The summed E-state index contributed by atoms with van der Waals surface area (Å²) in [7, 11) is 1.54. The highest BCUT2D eigenvalue weighted by Crippen LogP contribution is 2.30. The quantitative estimate of drug-likeness (QED) is 0.794. The first-order valence-corrected chi connectivity index (χ1v) is 6.37. The van der Waals surface area contributed by atoms with Crippen molar-refractivity contribution >= 4 is 11.0 Å². The van der Waals surface area contributed by atoms with Gasteiger partial charge in [0.2, 0.25) is 0 Å². The second-order valence-corrected chi connectivity index (χ2v) is 4.63. The van der Waals surface area contributed by atoms with Gasteiger partial charge in [-0.3, -0.25) is 0 Å². The molecule has 5 nitrogen and oxygen atoms in total. The van der Waals surface area contributed by atoms with Crippen molar-refractivity contribution in [2.24, 2.45) is 0 Å². The Morgan fingerprint density at radius 1 is 1.20 bits per heavy atom. The number of hydrogen-bond acceptors (Lipinski definition) is 4. The van der Waals surface area contributed by atoms with Gasteiger partial charge in [-0.05, 0) is 36.8 Å². The van der Waals surface area contributed by atoms with Gasteiger partial charge in [-0.25, -0.2) is 4.68 Å². The maximum Gasteiger partial charge on any atom is 0.160 e. The first-order valence-electron chi connectivity index (χ1n) is 6.37. The summed E-state index contributed by atoms with van der Waals surface area (Å²) >= 11 is 0. The molecule has 1 aromatic heterocycles. The van der Waals surface area contributed by atoms with Gasteiger partial charge >= 0.3 is 0 Å². The fourth-order valence-electron chi connectivity index (χ4n) is 2.27. The third-order valence-electron chi connectivity index (χ3n) is 3.43. The van der Waals surface area contributed by atoms with Gasteiger partial charge in [-0.2, -0.15) is 0 Å². The van der Waals surface area contributed by atoms with Gasteiger partial charge < -0.3 is 9.84 Å². The van der Waals surface area contributed by atoms with Crippen LogP contribution >= 0.6 is 0 Å². The van der Waals surface area contributed by atoms with E-state index in [2.05, 4.69) is 10.3 Å². The molecule has 3 rings (SSSR count). The maximum absolute atomic E-state index is 9.66. The van der Waals surface area contributed by atoms with Crippen molar-refractivity contribution in [2.75, 3.05) is 7.11 Å². The van der Waals surface area contributed by atoms with E-state index in [1.807, 2.05) is 48.0 Å². The molecular weight excluding hydrogens is 254 g/mol. The minimum absolute atomic E-state index is 0.00287. The first kappa shape index (κ1) is 12.5. The molecule has 0 aliphatic carbocycles. The van der Waals surface area contributed by atoms with Gasteiger partial charge in [-0.1, -0.05) is 23.4 Å². The third kappa shape index (κ3) is 1.97. The Kier molecular flexibility index (Phi) is 3.02. The Balaban J connectivity index is 2.06. The molecule has 3 aromatic rings. The van der Waals surface area contributed by atoms with Crippen LogP contribution in [0, 0.1) is 0 Å². The molecule has 0 saturated carbocycles. The van der Waals surface area contributed by atoms with E-state index < -0.39 is 0 Å². The maximum atomic E-state index is 9.66. The van der Waals surface area contributed by atoms with Gasteiger partial charge in [0.05, 0.1) is 18.7 Å². The van der Waals surface area contributed by atoms with Crippen molar-refractivity contribution in [1.29, 1.82) is 0 Å². The number of para-hydroxylation sites is 1. The largest absolute Gasteiger partial charge is 0.504 e. The van der Waals surface area contributed by atoms with Crippen molar-refractivity contribution in [3.8, 4) is 11.5 Å². The van der Waals surface area contributed by atoms with E-state index in [1.54, 1.807) is 6.07 Å². The van der Waals surface area contributed by atoms with Gasteiger partial charge in [0.25, 0.3) is 0 Å². The normalized spacial score (nSPS) is 12.5. The number of aromatic hydroxyl groups is 1. The molecule has 0 bridgehead atoms. The lowest BCUT2D eigenvalue weighted by atomic mass is 10.1. The molecule has 0 amide bonds. The summed E-state index contributed by atoms with van der Waals surface area (Å²) in [6.45, 7) is 2.03. The van der Waals surface area contributed by atoms with Crippen LogP contribution in [0.1, 0.15) is 18.5 Å². The fraction of sp³-hybridized carbons (Fsp3) is 0.200. The molecule has 0 saturated heterocycles. The molecule has 2 aromatic carbocycles. The number of aromatic nitrogens is 3. The molecule has 1 atom stereocenters. The van der Waals surface area contributed by atoms with Gasteiger partial charge in [0.1, 0.15) is 5.52 Å². The molecule has 0 unspecified atom stereocenters. The van der Waals surface area contributed by atoms with Crippen molar-refractivity contribution in [1.82, 2.24) is 15.0 Å². The third-order valence-corrected chi connectivity index (χ3v) is 3.43. The Morgan fingerprint density at radius 3 is 2.80 bits per heavy atom. The summed E-state index contributed by atoms with van der Waals surface area (Å²) in [5.41, 5.74) is 2.84. The Hall–Kier alpha value is -2.56. The van der Waals surface area contributed by atoms with Crippen LogP contribution in [0.25, 0.3) is 11.0 Å². The summed E-state index contributed by atoms with van der Waals surface area (Å²) in [6, 6.07) is 13.1. The molecule has 0 radical (unpaired) electrons. The Labute approximate surface area is 116 Å². The smallest absolute Gasteiger partial charge is 0.160 e. The molecular formula is C15H15N3O2. The van der Waals surface area contributed by atoms with Crippen LogP contribution in [0.15, 0.2) is 42.5 Å². The standard InChI is InChI=1S/C15H15N3O2/c1-10(11-7-8-14(19)15(9-11)20-2)18-13-6-4-3-5-12(13)16-17-18/h3-10,19H,1-2H3/t10-/m1/s1. The number of phenols is 1. The molecule has 102 valence electrons. The number of rotatable bonds is 3. The zero-order valence-electron chi connectivity index (χ0n) is 11.3. The fourth-order valence-corrected chi connectivity index (χ4v) is 2.27. The van der Waals surface area contributed by atoms with E-state index >= 15 is 0 Å². The van der Waals surface area contributed by atoms with Crippen LogP contribution in [0.4, 0.5) is 0 Å². The summed E-state index contributed by atoms with van der Waals surface area (Å²) in [5, 5.41) is 18.0. The van der Waals surface area contributed by atoms with E-state index in [-0.39, 0.29) is 11.8 Å². The van der Waals surface area contributed by atoms with Crippen molar-refractivity contribution in [3.05, 3.63) is 48.0 Å². The first-order chi connectivity index (χ1) is 9.70. The van der Waals surface area contributed by atoms with Crippen LogP contribution in [0.3, 0.4) is 0 Å². The molecule has 0 spiro atoms. The molecule has 20 heavy (non-hydrogen) atoms. The average Bonchev–Trinajstić information content (AvgIpc) is 2.91. The number of nitrogens with zero attached hydrogens (tertiary/aromatic N) is 3. The van der Waals surface area contributed by atoms with Crippen molar-refractivity contribution in [3.63, 3.8) is 0 Å². The molecule has 1 heterocycles. The molecule has 0 aliphatic rings. The second kappa shape index (κ2) is 4.85. The minimum Gasteiger partial charge on any atom is -0.504 e. The topological polar surface area (TPSA) is 60.2 Å². The minimum atomic E-state index is -0.00287. The highest BCUT2D eigenvalue weighted by atomic mass is 16.5.